The van der Waals surface area contributed by atoms with Crippen molar-refractivity contribution in [2.75, 3.05) is 0 Å². The van der Waals surface area contributed by atoms with Crippen molar-refractivity contribution in [1.82, 2.24) is 4.31 Å². The van der Waals surface area contributed by atoms with Crippen molar-refractivity contribution in [3.63, 3.8) is 0 Å². The van der Waals surface area contributed by atoms with Crippen LogP contribution in [0.3, 0.4) is 0 Å². The van der Waals surface area contributed by atoms with Crippen molar-refractivity contribution in [3.05, 3.63) is 29.8 Å². The number of hydrogen-bond acceptors (Lipinski definition) is 2. The summed E-state index contributed by atoms with van der Waals surface area (Å²) in [6.45, 7) is 6.23. The van der Waals surface area contributed by atoms with Crippen LogP contribution in [0, 0.1) is 6.92 Å². The maximum absolute atomic E-state index is 13.2. The number of unbranched alkanes of at least 4 members (excludes halogenated alkanes) is 1. The second-order valence-electron chi connectivity index (χ2n) is 6.17. The highest BCUT2D eigenvalue weighted by molar-refractivity contribution is 14.1. The summed E-state index contributed by atoms with van der Waals surface area (Å²) in [7, 11) is -3.40. The number of rotatable bonds is 6. The minimum atomic E-state index is -3.40. The first-order valence-electron chi connectivity index (χ1n) is 8.16. The van der Waals surface area contributed by atoms with Crippen LogP contribution < -0.4 is 0 Å². The number of nitrogens with zero attached hydrogens (tertiary/aromatic N) is 1. The molecule has 1 aliphatic rings. The zero-order valence-electron chi connectivity index (χ0n) is 13.6. The van der Waals surface area contributed by atoms with Crippen LogP contribution in [0.5, 0.6) is 0 Å². The van der Waals surface area contributed by atoms with Gasteiger partial charge in [-0.05, 0) is 38.3 Å². The third-order valence-corrected chi connectivity index (χ3v) is 7.85. The van der Waals surface area contributed by atoms with Crippen LogP contribution in [-0.4, -0.2) is 28.7 Å². The minimum Gasteiger partial charge on any atom is -0.207 e. The Bertz CT molecular complexity index is 585. The van der Waals surface area contributed by atoms with E-state index in [1.54, 1.807) is 12.1 Å². The summed E-state index contributed by atoms with van der Waals surface area (Å²) >= 11 is 2.45. The fourth-order valence-electron chi connectivity index (χ4n) is 3.23. The van der Waals surface area contributed by atoms with Gasteiger partial charge >= 0.3 is 0 Å². The smallest absolute Gasteiger partial charge is 0.207 e. The lowest BCUT2D eigenvalue weighted by Crippen LogP contribution is -2.42. The molecule has 1 fully saturated rings. The highest BCUT2D eigenvalue weighted by atomic mass is 127. The maximum atomic E-state index is 13.2. The first-order valence-corrected chi connectivity index (χ1v) is 10.8. The third kappa shape index (κ3) is 3.67. The normalized spacial score (nSPS) is 26.5. The molecule has 0 amide bonds. The lowest BCUT2D eigenvalue weighted by molar-refractivity contribution is 0.302. The molecule has 124 valence electrons. The zero-order valence-corrected chi connectivity index (χ0v) is 16.6. The monoisotopic (exact) mass is 435 g/mol. The molecule has 0 radical (unpaired) electrons. The van der Waals surface area contributed by atoms with Gasteiger partial charge in [-0.1, -0.05) is 67.0 Å². The molecule has 0 aliphatic carbocycles. The maximum Gasteiger partial charge on any atom is 0.243 e. The summed E-state index contributed by atoms with van der Waals surface area (Å²) in [5, 5.41) is 0. The Morgan fingerprint density at radius 3 is 2.41 bits per heavy atom. The molecule has 1 saturated heterocycles. The first-order chi connectivity index (χ1) is 10.4. The molecule has 0 bridgehead atoms. The summed E-state index contributed by atoms with van der Waals surface area (Å²) in [6, 6.07) is 7.52. The number of sulfonamides is 1. The predicted octanol–water partition coefficient (Wildman–Crippen LogP) is 4.53. The van der Waals surface area contributed by atoms with Crippen molar-refractivity contribution in [3.8, 4) is 0 Å². The van der Waals surface area contributed by atoms with Gasteiger partial charge in [-0.15, -0.1) is 0 Å². The van der Waals surface area contributed by atoms with Gasteiger partial charge in [0, 0.05) is 16.0 Å². The Labute approximate surface area is 148 Å². The minimum absolute atomic E-state index is 0.134. The van der Waals surface area contributed by atoms with Gasteiger partial charge in [0.25, 0.3) is 0 Å². The van der Waals surface area contributed by atoms with Crippen LogP contribution in [0.4, 0.5) is 0 Å². The van der Waals surface area contributed by atoms with Gasteiger partial charge in [0.05, 0.1) is 4.90 Å². The molecule has 1 aliphatic heterocycles. The Morgan fingerprint density at radius 2 is 1.86 bits per heavy atom. The molecule has 1 aromatic rings. The standard InChI is InChI=1S/C17H26INO2S/c1-4-6-7-17-16(18)12-14(5-2)19(17)22(20,21)15-10-8-13(3)9-11-15/h8-11,14,16-17H,4-7,12H2,1-3H3/t14-,16+,17-/m1/s1. The highest BCUT2D eigenvalue weighted by Crippen LogP contribution is 2.38. The van der Waals surface area contributed by atoms with Gasteiger partial charge in [0.2, 0.25) is 10.0 Å². The predicted molar refractivity (Wildman–Crippen MR) is 100 cm³/mol. The van der Waals surface area contributed by atoms with Crippen LogP contribution in [-0.2, 0) is 10.0 Å². The Kier molecular flexibility index (Phi) is 6.30. The molecule has 1 heterocycles. The van der Waals surface area contributed by atoms with Crippen LogP contribution in [0.15, 0.2) is 29.2 Å². The van der Waals surface area contributed by atoms with Gasteiger partial charge in [0.15, 0.2) is 0 Å². The molecular weight excluding hydrogens is 409 g/mol. The number of benzene rings is 1. The summed E-state index contributed by atoms with van der Waals surface area (Å²) in [5.74, 6) is 0. The first kappa shape index (κ1) is 18.2. The molecule has 3 nitrogen and oxygen atoms in total. The molecule has 22 heavy (non-hydrogen) atoms. The molecule has 0 saturated carbocycles. The lowest BCUT2D eigenvalue weighted by atomic mass is 10.1. The molecule has 3 atom stereocenters. The number of alkyl halides is 1. The molecule has 0 spiro atoms. The third-order valence-electron chi connectivity index (χ3n) is 4.52. The second-order valence-corrected chi connectivity index (χ2v) is 9.61. The van der Waals surface area contributed by atoms with Crippen molar-refractivity contribution < 1.29 is 8.42 Å². The van der Waals surface area contributed by atoms with Gasteiger partial charge in [-0.25, -0.2) is 8.42 Å². The average Bonchev–Trinajstić information content (AvgIpc) is 2.82. The van der Waals surface area contributed by atoms with Crippen LogP contribution >= 0.6 is 22.6 Å². The van der Waals surface area contributed by atoms with E-state index in [1.807, 2.05) is 23.4 Å². The van der Waals surface area contributed by atoms with Gasteiger partial charge in [-0.3, -0.25) is 0 Å². The molecule has 5 heteroatoms. The summed E-state index contributed by atoms with van der Waals surface area (Å²) in [6.07, 6.45) is 5.00. The molecule has 0 unspecified atom stereocenters. The number of hydrogen-bond donors (Lipinski definition) is 0. The summed E-state index contributed by atoms with van der Waals surface area (Å²) in [4.78, 5) is 0.434. The largest absolute Gasteiger partial charge is 0.243 e. The van der Waals surface area contributed by atoms with Gasteiger partial charge < -0.3 is 0 Å². The fourth-order valence-corrected chi connectivity index (χ4v) is 6.70. The van der Waals surface area contributed by atoms with E-state index in [9.17, 15) is 8.42 Å². The van der Waals surface area contributed by atoms with Crippen LogP contribution in [0.25, 0.3) is 0 Å². The highest BCUT2D eigenvalue weighted by Gasteiger charge is 2.45. The van der Waals surface area contributed by atoms with Crippen molar-refractivity contribution in [1.29, 1.82) is 0 Å². The average molecular weight is 435 g/mol. The quantitative estimate of drug-likeness (QED) is 0.487. The molecule has 2 rings (SSSR count). The van der Waals surface area contributed by atoms with E-state index in [-0.39, 0.29) is 12.1 Å². The fraction of sp³-hybridized carbons (Fsp3) is 0.647. The SMILES string of the molecule is CCCC[C@@H]1[C@@H](I)C[C@@H](CC)N1S(=O)(=O)c1ccc(C)cc1. The molecule has 0 aromatic heterocycles. The van der Waals surface area contributed by atoms with Crippen LogP contribution in [0.1, 0.15) is 51.5 Å². The van der Waals surface area contributed by atoms with E-state index in [1.165, 1.54) is 0 Å². The van der Waals surface area contributed by atoms with E-state index in [0.717, 1.165) is 37.7 Å². The zero-order chi connectivity index (χ0) is 16.3. The van der Waals surface area contributed by atoms with Gasteiger partial charge in [0.1, 0.15) is 0 Å². The van der Waals surface area contributed by atoms with E-state index in [0.29, 0.717) is 8.82 Å². The summed E-state index contributed by atoms with van der Waals surface area (Å²) < 4.78 is 28.5. The van der Waals surface area contributed by atoms with E-state index < -0.39 is 10.0 Å². The van der Waals surface area contributed by atoms with E-state index in [4.69, 9.17) is 0 Å². The van der Waals surface area contributed by atoms with Gasteiger partial charge in [-0.2, -0.15) is 4.31 Å². The lowest BCUT2D eigenvalue weighted by Gasteiger charge is -2.29. The molecule has 0 N–H and O–H groups in total. The number of halogens is 1. The van der Waals surface area contributed by atoms with Crippen LogP contribution in [0.2, 0.25) is 0 Å². The second kappa shape index (κ2) is 7.62. The van der Waals surface area contributed by atoms with E-state index >= 15 is 0 Å². The molecule has 1 aromatic carbocycles. The Morgan fingerprint density at radius 1 is 1.23 bits per heavy atom. The molecular formula is C17H26INO2S. The number of aryl methyl sites for hydroxylation is 1. The van der Waals surface area contributed by atoms with E-state index in [2.05, 4.69) is 36.4 Å². The van der Waals surface area contributed by atoms with Crippen molar-refractivity contribution >= 4 is 32.6 Å². The Balaban J connectivity index is 2.37. The van der Waals surface area contributed by atoms with Crippen molar-refractivity contribution in [2.24, 2.45) is 0 Å². The summed E-state index contributed by atoms with van der Waals surface area (Å²) in [5.41, 5.74) is 1.08. The topological polar surface area (TPSA) is 37.4 Å². The van der Waals surface area contributed by atoms with Crippen molar-refractivity contribution in [2.45, 2.75) is 73.8 Å². The Hall–Kier alpha value is -0.140.